The van der Waals surface area contributed by atoms with Gasteiger partial charge in [-0.05, 0) is 55.7 Å². The standard InChI is InChI=1S/C25H28ClN3O3/c1-17-6-4-9-23(18(17)2)31-16-22-19(3)32-27-24(22)25(30)29-12-10-28(11-13-29)15-20-7-5-8-21(26)14-20/h4-9,14H,10-13,15-16H2,1-3H3. The first-order valence-electron chi connectivity index (χ1n) is 10.8. The van der Waals surface area contributed by atoms with E-state index in [1.807, 2.05) is 62.1 Å². The van der Waals surface area contributed by atoms with Crippen LogP contribution in [0, 0.1) is 20.8 Å². The van der Waals surface area contributed by atoms with Crippen molar-refractivity contribution in [1.29, 1.82) is 0 Å². The largest absolute Gasteiger partial charge is 0.488 e. The number of aryl methyl sites for hydroxylation is 2. The summed E-state index contributed by atoms with van der Waals surface area (Å²) in [5.41, 5.74) is 4.48. The Morgan fingerprint density at radius 2 is 1.84 bits per heavy atom. The Balaban J connectivity index is 1.38. The summed E-state index contributed by atoms with van der Waals surface area (Å²) < 4.78 is 11.4. The lowest BCUT2D eigenvalue weighted by molar-refractivity contribution is 0.0616. The van der Waals surface area contributed by atoms with E-state index in [9.17, 15) is 4.79 Å². The van der Waals surface area contributed by atoms with Crippen molar-refractivity contribution in [3.63, 3.8) is 0 Å². The zero-order chi connectivity index (χ0) is 22.7. The number of ether oxygens (including phenoxy) is 1. The summed E-state index contributed by atoms with van der Waals surface area (Å²) in [7, 11) is 0. The third-order valence-electron chi connectivity index (χ3n) is 6.07. The molecule has 2 aromatic carbocycles. The maximum absolute atomic E-state index is 13.2. The zero-order valence-corrected chi connectivity index (χ0v) is 19.5. The first-order chi connectivity index (χ1) is 15.4. The summed E-state index contributed by atoms with van der Waals surface area (Å²) in [6.07, 6.45) is 0. The highest BCUT2D eigenvalue weighted by molar-refractivity contribution is 6.30. The highest BCUT2D eigenvalue weighted by Crippen LogP contribution is 2.24. The molecule has 2 heterocycles. The average Bonchev–Trinajstić information content (AvgIpc) is 3.15. The second kappa shape index (κ2) is 9.76. The van der Waals surface area contributed by atoms with Crippen molar-refractivity contribution in [1.82, 2.24) is 15.0 Å². The van der Waals surface area contributed by atoms with E-state index in [2.05, 4.69) is 16.1 Å². The van der Waals surface area contributed by atoms with Gasteiger partial charge in [0, 0.05) is 37.7 Å². The van der Waals surface area contributed by atoms with Crippen LogP contribution in [0.3, 0.4) is 0 Å². The minimum Gasteiger partial charge on any atom is -0.488 e. The predicted octanol–water partition coefficient (Wildman–Crippen LogP) is 4.79. The molecule has 1 aliphatic heterocycles. The van der Waals surface area contributed by atoms with Crippen molar-refractivity contribution >= 4 is 17.5 Å². The molecule has 1 aliphatic rings. The minimum absolute atomic E-state index is 0.108. The van der Waals surface area contributed by atoms with E-state index in [1.54, 1.807) is 0 Å². The van der Waals surface area contributed by atoms with Gasteiger partial charge in [-0.1, -0.05) is 41.0 Å². The molecule has 1 fully saturated rings. The van der Waals surface area contributed by atoms with Crippen molar-refractivity contribution in [3.8, 4) is 5.75 Å². The minimum atomic E-state index is -0.108. The van der Waals surface area contributed by atoms with Crippen molar-refractivity contribution in [2.75, 3.05) is 26.2 Å². The lowest BCUT2D eigenvalue weighted by Crippen LogP contribution is -2.48. The van der Waals surface area contributed by atoms with E-state index in [0.717, 1.165) is 41.5 Å². The van der Waals surface area contributed by atoms with Crippen molar-refractivity contribution < 1.29 is 14.1 Å². The van der Waals surface area contributed by atoms with Crippen LogP contribution in [0.5, 0.6) is 5.75 Å². The Bertz CT molecular complexity index is 1100. The molecule has 7 heteroatoms. The molecule has 1 saturated heterocycles. The first-order valence-corrected chi connectivity index (χ1v) is 11.2. The average molecular weight is 454 g/mol. The second-order valence-electron chi connectivity index (χ2n) is 8.25. The Labute approximate surface area is 193 Å². The number of nitrogens with zero attached hydrogens (tertiary/aromatic N) is 3. The zero-order valence-electron chi connectivity index (χ0n) is 18.7. The molecule has 32 heavy (non-hydrogen) atoms. The Kier molecular flexibility index (Phi) is 6.82. The summed E-state index contributed by atoms with van der Waals surface area (Å²) in [6.45, 7) is 9.83. The molecule has 1 aromatic heterocycles. The maximum Gasteiger partial charge on any atom is 0.276 e. The fourth-order valence-electron chi connectivity index (χ4n) is 3.91. The summed E-state index contributed by atoms with van der Waals surface area (Å²) in [5.74, 6) is 1.31. The Morgan fingerprint density at radius 3 is 2.59 bits per heavy atom. The monoisotopic (exact) mass is 453 g/mol. The van der Waals surface area contributed by atoms with Gasteiger partial charge in [-0.3, -0.25) is 9.69 Å². The summed E-state index contributed by atoms with van der Waals surface area (Å²) >= 11 is 6.10. The van der Waals surface area contributed by atoms with Crippen LogP contribution >= 0.6 is 11.6 Å². The molecule has 3 aromatic rings. The lowest BCUT2D eigenvalue weighted by Gasteiger charge is -2.34. The molecule has 0 atom stereocenters. The fourth-order valence-corrected chi connectivity index (χ4v) is 4.12. The van der Waals surface area contributed by atoms with E-state index >= 15 is 0 Å². The molecule has 168 valence electrons. The van der Waals surface area contributed by atoms with Crippen molar-refractivity contribution in [2.45, 2.75) is 33.9 Å². The third-order valence-corrected chi connectivity index (χ3v) is 6.30. The molecule has 0 N–H and O–H groups in total. The number of benzene rings is 2. The van der Waals surface area contributed by atoms with Gasteiger partial charge in [-0.15, -0.1) is 0 Å². The molecule has 0 aliphatic carbocycles. The quantitative estimate of drug-likeness (QED) is 0.537. The molecule has 4 rings (SSSR count). The van der Waals surface area contributed by atoms with E-state index in [0.29, 0.717) is 30.1 Å². The molecule has 1 amide bonds. The number of carbonyl (C=O) groups excluding carboxylic acids is 1. The van der Waals surface area contributed by atoms with Crippen LogP contribution in [-0.2, 0) is 13.2 Å². The first kappa shape index (κ1) is 22.4. The van der Waals surface area contributed by atoms with E-state index < -0.39 is 0 Å². The van der Waals surface area contributed by atoms with Gasteiger partial charge in [0.2, 0.25) is 0 Å². The molecule has 0 saturated carbocycles. The van der Waals surface area contributed by atoms with Gasteiger partial charge in [-0.2, -0.15) is 0 Å². The number of halogens is 1. The van der Waals surface area contributed by atoms with E-state index in [1.165, 1.54) is 5.56 Å². The number of amides is 1. The van der Waals surface area contributed by atoms with Gasteiger partial charge < -0.3 is 14.2 Å². The molecule has 0 spiro atoms. The number of hydrogen-bond donors (Lipinski definition) is 0. The fraction of sp³-hybridized carbons (Fsp3) is 0.360. The van der Waals surface area contributed by atoms with Crippen LogP contribution in [0.4, 0.5) is 0 Å². The number of hydrogen-bond acceptors (Lipinski definition) is 5. The van der Waals surface area contributed by atoms with Crippen LogP contribution in [0.15, 0.2) is 47.0 Å². The van der Waals surface area contributed by atoms with Crippen molar-refractivity contribution in [3.05, 3.63) is 81.2 Å². The number of rotatable bonds is 6. The summed E-state index contributed by atoms with van der Waals surface area (Å²) in [6, 6.07) is 13.9. The maximum atomic E-state index is 13.2. The van der Waals surface area contributed by atoms with Gasteiger partial charge in [0.1, 0.15) is 18.1 Å². The topological polar surface area (TPSA) is 58.8 Å². The Hall–Kier alpha value is -2.83. The Morgan fingerprint density at radius 1 is 1.09 bits per heavy atom. The van der Waals surface area contributed by atoms with Gasteiger partial charge >= 0.3 is 0 Å². The predicted molar refractivity (Wildman–Crippen MR) is 124 cm³/mol. The van der Waals surface area contributed by atoms with Gasteiger partial charge in [-0.25, -0.2) is 0 Å². The van der Waals surface area contributed by atoms with Crippen LogP contribution in [-0.4, -0.2) is 47.0 Å². The highest BCUT2D eigenvalue weighted by Gasteiger charge is 2.28. The number of aromatic nitrogens is 1. The smallest absolute Gasteiger partial charge is 0.276 e. The highest BCUT2D eigenvalue weighted by atomic mass is 35.5. The molecular formula is C25H28ClN3O3. The SMILES string of the molecule is Cc1cccc(OCc2c(C(=O)N3CCN(Cc4cccc(Cl)c4)CC3)noc2C)c1C. The van der Waals surface area contributed by atoms with Crippen LogP contribution in [0.1, 0.15) is 38.5 Å². The second-order valence-corrected chi connectivity index (χ2v) is 8.69. The van der Waals surface area contributed by atoms with Crippen LogP contribution < -0.4 is 4.74 Å². The normalized spacial score (nSPS) is 14.6. The number of piperazine rings is 1. The van der Waals surface area contributed by atoms with Crippen LogP contribution in [0.2, 0.25) is 5.02 Å². The molecular weight excluding hydrogens is 426 g/mol. The van der Waals surface area contributed by atoms with E-state index in [4.69, 9.17) is 20.9 Å². The van der Waals surface area contributed by atoms with Crippen molar-refractivity contribution in [2.24, 2.45) is 0 Å². The summed E-state index contributed by atoms with van der Waals surface area (Å²) in [4.78, 5) is 17.4. The lowest BCUT2D eigenvalue weighted by atomic mass is 10.1. The molecule has 0 unspecified atom stereocenters. The molecule has 6 nitrogen and oxygen atoms in total. The van der Waals surface area contributed by atoms with Gasteiger partial charge in [0.25, 0.3) is 5.91 Å². The van der Waals surface area contributed by atoms with Gasteiger partial charge in [0.05, 0.1) is 5.56 Å². The third kappa shape index (κ3) is 4.97. The van der Waals surface area contributed by atoms with Gasteiger partial charge in [0.15, 0.2) is 5.69 Å². The van der Waals surface area contributed by atoms with Crippen LogP contribution in [0.25, 0.3) is 0 Å². The number of carbonyl (C=O) groups is 1. The molecule has 0 bridgehead atoms. The summed E-state index contributed by atoms with van der Waals surface area (Å²) in [5, 5.41) is 4.81. The molecule has 0 radical (unpaired) electrons. The van der Waals surface area contributed by atoms with E-state index in [-0.39, 0.29) is 12.5 Å².